The molecule has 0 saturated heterocycles. The van der Waals surface area contributed by atoms with Crippen LogP contribution in [0.4, 0.5) is 0 Å². The van der Waals surface area contributed by atoms with E-state index in [9.17, 15) is 4.79 Å². The summed E-state index contributed by atoms with van der Waals surface area (Å²) in [5, 5.41) is 10.3. The first kappa shape index (κ1) is 13.2. The van der Waals surface area contributed by atoms with Crippen LogP contribution < -0.4 is 0 Å². The highest BCUT2D eigenvalue weighted by atomic mass is 16.4. The summed E-state index contributed by atoms with van der Waals surface area (Å²) in [5.41, 5.74) is 5.14. The molecular weight excluding hydrogens is 252 g/mol. The molecule has 1 aliphatic rings. The van der Waals surface area contributed by atoms with Gasteiger partial charge in [-0.1, -0.05) is 11.6 Å². The molecule has 0 radical (unpaired) electrons. The fourth-order valence-electron chi connectivity index (χ4n) is 3.15. The number of hydrogen-bond donors (Lipinski definition) is 1. The maximum absolute atomic E-state index is 10.9. The van der Waals surface area contributed by atoms with E-state index >= 15 is 0 Å². The molecule has 1 N–H and O–H groups in total. The van der Waals surface area contributed by atoms with E-state index in [4.69, 9.17) is 5.11 Å². The minimum atomic E-state index is -0.739. The largest absolute Gasteiger partial charge is 0.481 e. The van der Waals surface area contributed by atoms with E-state index in [0.29, 0.717) is 6.54 Å². The number of rotatable bonds is 3. The van der Waals surface area contributed by atoms with Crippen LogP contribution in [0.15, 0.2) is 18.2 Å². The van der Waals surface area contributed by atoms with Crippen molar-refractivity contribution in [2.45, 2.75) is 32.9 Å². The van der Waals surface area contributed by atoms with Crippen molar-refractivity contribution in [3.8, 4) is 0 Å². The molecule has 4 heteroatoms. The number of hydrogen-bond acceptors (Lipinski definition) is 2. The molecule has 0 aliphatic carbocycles. The lowest BCUT2D eigenvalue weighted by Crippen LogP contribution is -2.28. The average molecular weight is 272 g/mol. The lowest BCUT2D eigenvalue weighted by atomic mass is 10.0. The Morgan fingerprint density at radius 3 is 2.95 bits per heavy atom. The molecule has 3 rings (SSSR count). The second kappa shape index (κ2) is 4.94. The highest BCUT2D eigenvalue weighted by molar-refractivity contribution is 5.86. The summed E-state index contributed by atoms with van der Waals surface area (Å²) >= 11 is 0. The van der Waals surface area contributed by atoms with Crippen molar-refractivity contribution in [2.75, 3.05) is 13.6 Å². The lowest BCUT2D eigenvalue weighted by molar-refractivity contribution is -0.137. The Morgan fingerprint density at radius 1 is 1.40 bits per heavy atom. The van der Waals surface area contributed by atoms with Gasteiger partial charge in [0.2, 0.25) is 0 Å². The molecule has 4 nitrogen and oxygen atoms in total. The van der Waals surface area contributed by atoms with Gasteiger partial charge in [-0.3, -0.25) is 4.79 Å². The van der Waals surface area contributed by atoms with E-state index in [-0.39, 0.29) is 6.42 Å². The third-order valence-electron chi connectivity index (χ3n) is 4.15. The number of carboxylic acid groups (broad SMARTS) is 1. The summed E-state index contributed by atoms with van der Waals surface area (Å²) in [4.78, 5) is 13.2. The summed E-state index contributed by atoms with van der Waals surface area (Å²) < 4.78 is 2.20. The van der Waals surface area contributed by atoms with E-state index < -0.39 is 5.97 Å². The molecule has 2 heterocycles. The molecule has 0 bridgehead atoms. The summed E-state index contributed by atoms with van der Waals surface area (Å²) in [6, 6.07) is 6.47. The van der Waals surface area contributed by atoms with Crippen molar-refractivity contribution >= 4 is 16.9 Å². The molecule has 106 valence electrons. The zero-order chi connectivity index (χ0) is 14.3. The first-order valence-corrected chi connectivity index (χ1v) is 7.07. The van der Waals surface area contributed by atoms with Gasteiger partial charge in [-0.05, 0) is 38.1 Å². The molecule has 1 aromatic heterocycles. The van der Waals surface area contributed by atoms with Crippen LogP contribution in [0, 0.1) is 6.92 Å². The number of carbonyl (C=O) groups is 1. The van der Waals surface area contributed by atoms with Gasteiger partial charge in [0.15, 0.2) is 0 Å². The summed E-state index contributed by atoms with van der Waals surface area (Å²) in [6.45, 7) is 4.63. The second-order valence-corrected chi connectivity index (χ2v) is 5.73. The normalized spacial score (nSPS) is 15.5. The predicted molar refractivity (Wildman–Crippen MR) is 79.0 cm³/mol. The molecule has 2 aromatic rings. The highest BCUT2D eigenvalue weighted by Gasteiger charge is 2.22. The van der Waals surface area contributed by atoms with Crippen molar-refractivity contribution in [1.82, 2.24) is 9.47 Å². The van der Waals surface area contributed by atoms with Gasteiger partial charge in [-0.2, -0.15) is 0 Å². The topological polar surface area (TPSA) is 45.5 Å². The number of aryl methyl sites for hydroxylation is 2. The summed E-state index contributed by atoms with van der Waals surface area (Å²) in [6.07, 6.45) is 1.22. The van der Waals surface area contributed by atoms with E-state index in [0.717, 1.165) is 19.5 Å². The number of nitrogens with zero attached hydrogens (tertiary/aromatic N) is 2. The minimum Gasteiger partial charge on any atom is -0.481 e. The SMILES string of the molecule is Cc1ccc2c(c1)c1c(n2CCC(=O)O)CN(C)CC1. The molecule has 0 saturated carbocycles. The number of aromatic nitrogens is 1. The number of benzene rings is 1. The average Bonchev–Trinajstić information content (AvgIpc) is 2.68. The molecule has 1 aliphatic heterocycles. The maximum atomic E-state index is 10.9. The molecule has 0 fully saturated rings. The molecule has 0 spiro atoms. The Bertz CT molecular complexity index is 673. The molecular formula is C16H20N2O2. The minimum absolute atomic E-state index is 0.174. The van der Waals surface area contributed by atoms with Gasteiger partial charge in [0, 0.05) is 36.2 Å². The Balaban J connectivity index is 2.15. The quantitative estimate of drug-likeness (QED) is 0.933. The van der Waals surface area contributed by atoms with Crippen molar-refractivity contribution in [2.24, 2.45) is 0 Å². The van der Waals surface area contributed by atoms with E-state index in [1.807, 2.05) is 0 Å². The molecule has 20 heavy (non-hydrogen) atoms. The smallest absolute Gasteiger partial charge is 0.305 e. The van der Waals surface area contributed by atoms with Gasteiger partial charge in [-0.15, -0.1) is 0 Å². The van der Waals surface area contributed by atoms with E-state index in [1.165, 1.54) is 27.7 Å². The maximum Gasteiger partial charge on any atom is 0.305 e. The monoisotopic (exact) mass is 272 g/mol. The number of aliphatic carboxylic acids is 1. The Morgan fingerprint density at radius 2 is 2.20 bits per heavy atom. The predicted octanol–water partition coefficient (Wildman–Crippen LogP) is 2.41. The third kappa shape index (κ3) is 2.20. The van der Waals surface area contributed by atoms with Crippen molar-refractivity contribution < 1.29 is 9.90 Å². The van der Waals surface area contributed by atoms with Gasteiger partial charge in [0.1, 0.15) is 0 Å². The van der Waals surface area contributed by atoms with Crippen molar-refractivity contribution in [1.29, 1.82) is 0 Å². The zero-order valence-corrected chi connectivity index (χ0v) is 12.0. The number of fused-ring (bicyclic) bond motifs is 3. The molecule has 0 amide bonds. The highest BCUT2D eigenvalue weighted by Crippen LogP contribution is 2.31. The second-order valence-electron chi connectivity index (χ2n) is 5.73. The van der Waals surface area contributed by atoms with Crippen LogP contribution in [0.2, 0.25) is 0 Å². The number of likely N-dealkylation sites (N-methyl/N-ethyl adjacent to an activating group) is 1. The van der Waals surface area contributed by atoms with Gasteiger partial charge in [0.25, 0.3) is 0 Å². The first-order chi connectivity index (χ1) is 9.56. The van der Waals surface area contributed by atoms with Gasteiger partial charge < -0.3 is 14.6 Å². The van der Waals surface area contributed by atoms with Crippen molar-refractivity contribution in [3.05, 3.63) is 35.0 Å². The van der Waals surface area contributed by atoms with Crippen LogP contribution in [-0.2, 0) is 24.3 Å². The first-order valence-electron chi connectivity index (χ1n) is 7.07. The van der Waals surface area contributed by atoms with Crippen LogP contribution in [0.5, 0.6) is 0 Å². The van der Waals surface area contributed by atoms with Crippen LogP contribution >= 0.6 is 0 Å². The number of carboxylic acids is 1. The third-order valence-corrected chi connectivity index (χ3v) is 4.15. The fourth-order valence-corrected chi connectivity index (χ4v) is 3.15. The van der Waals surface area contributed by atoms with Crippen LogP contribution in [-0.4, -0.2) is 34.1 Å². The van der Waals surface area contributed by atoms with Crippen LogP contribution in [0.3, 0.4) is 0 Å². The Kier molecular flexibility index (Phi) is 3.26. The fraction of sp³-hybridized carbons (Fsp3) is 0.438. The summed E-state index contributed by atoms with van der Waals surface area (Å²) in [7, 11) is 2.12. The van der Waals surface area contributed by atoms with E-state index in [2.05, 4.69) is 41.6 Å². The van der Waals surface area contributed by atoms with Crippen LogP contribution in [0.25, 0.3) is 10.9 Å². The molecule has 1 aromatic carbocycles. The Labute approximate surface area is 118 Å². The van der Waals surface area contributed by atoms with Crippen molar-refractivity contribution in [3.63, 3.8) is 0 Å². The van der Waals surface area contributed by atoms with Gasteiger partial charge in [0.05, 0.1) is 6.42 Å². The van der Waals surface area contributed by atoms with Gasteiger partial charge >= 0.3 is 5.97 Å². The standard InChI is InChI=1S/C16H20N2O2/c1-11-3-4-14-13(9-11)12-5-7-17(2)10-15(12)18(14)8-6-16(19)20/h3-4,9H,5-8,10H2,1-2H3,(H,19,20). The zero-order valence-electron chi connectivity index (χ0n) is 12.0. The molecule has 0 unspecified atom stereocenters. The molecule has 0 atom stereocenters. The van der Waals surface area contributed by atoms with Gasteiger partial charge in [-0.25, -0.2) is 0 Å². The van der Waals surface area contributed by atoms with E-state index in [1.54, 1.807) is 0 Å². The summed E-state index contributed by atoms with van der Waals surface area (Å²) in [5.74, 6) is -0.739. The van der Waals surface area contributed by atoms with Crippen LogP contribution in [0.1, 0.15) is 23.2 Å². The Hall–Kier alpha value is -1.81. The lowest BCUT2D eigenvalue weighted by Gasteiger charge is -2.24.